The summed E-state index contributed by atoms with van der Waals surface area (Å²) in [7, 11) is -4.26. The number of epoxide rings is 1. The first-order chi connectivity index (χ1) is 12.6. The number of hydrogen-bond donors (Lipinski definition) is 2. The lowest BCUT2D eigenvalue weighted by Gasteiger charge is -2.05. The van der Waals surface area contributed by atoms with Gasteiger partial charge in [0.15, 0.2) is 0 Å². The lowest BCUT2D eigenvalue weighted by Crippen LogP contribution is -1.92. The summed E-state index contributed by atoms with van der Waals surface area (Å²) >= 11 is 0. The van der Waals surface area contributed by atoms with Gasteiger partial charge in [-0.05, 0) is 6.42 Å². The third-order valence-electron chi connectivity index (χ3n) is 4.46. The van der Waals surface area contributed by atoms with Crippen LogP contribution in [0.3, 0.4) is 0 Å². The van der Waals surface area contributed by atoms with Gasteiger partial charge in [-0.15, -0.1) is 0 Å². The second-order valence-corrected chi connectivity index (χ2v) is 8.48. The summed E-state index contributed by atoms with van der Waals surface area (Å²) in [5, 5.41) is 0. The molecule has 0 aromatic carbocycles. The highest BCUT2D eigenvalue weighted by atomic mass is 31.2. The number of rotatable bonds is 18. The maximum Gasteiger partial charge on any atom is 0.469 e. The number of unbranched alkanes of at least 4 members (excludes halogenated alkanes) is 15. The summed E-state index contributed by atoms with van der Waals surface area (Å²) in [5.74, 6) is 0. The second-order valence-electron chi connectivity index (χ2n) is 7.24. The van der Waals surface area contributed by atoms with Crippen molar-refractivity contribution in [2.45, 2.75) is 110 Å². The SMILES string of the molecule is C1CO1.CCCCCCCCCCCCCCCCCCOP(=O)(O)O. The summed E-state index contributed by atoms with van der Waals surface area (Å²) in [6, 6.07) is 0. The van der Waals surface area contributed by atoms with Gasteiger partial charge in [-0.25, -0.2) is 4.57 Å². The van der Waals surface area contributed by atoms with Crippen molar-refractivity contribution in [2.75, 3.05) is 19.8 Å². The van der Waals surface area contributed by atoms with Gasteiger partial charge in [0, 0.05) is 0 Å². The average Bonchev–Trinajstić information content (AvgIpc) is 3.45. The van der Waals surface area contributed by atoms with E-state index in [0.29, 0.717) is 0 Å². The van der Waals surface area contributed by atoms with Gasteiger partial charge in [-0.2, -0.15) is 0 Å². The van der Waals surface area contributed by atoms with Crippen LogP contribution < -0.4 is 0 Å². The minimum atomic E-state index is -4.26. The maximum absolute atomic E-state index is 10.5. The molecule has 2 N–H and O–H groups in total. The molecule has 0 saturated carbocycles. The quantitative estimate of drug-likeness (QED) is 0.160. The Morgan fingerprint density at radius 3 is 1.27 bits per heavy atom. The fraction of sp³-hybridized carbons (Fsp3) is 1.00. The molecule has 0 atom stereocenters. The first-order valence-corrected chi connectivity index (χ1v) is 12.4. The fourth-order valence-corrected chi connectivity index (χ4v) is 3.20. The molecule has 0 unspecified atom stereocenters. The molecule has 0 radical (unpaired) electrons. The van der Waals surface area contributed by atoms with Crippen LogP contribution in [0.2, 0.25) is 0 Å². The van der Waals surface area contributed by atoms with Crippen molar-refractivity contribution in [3.05, 3.63) is 0 Å². The van der Waals surface area contributed by atoms with Crippen LogP contribution in [0, 0.1) is 0 Å². The molecular weight excluding hydrogens is 351 g/mol. The highest BCUT2D eigenvalue weighted by Crippen LogP contribution is 2.35. The third-order valence-corrected chi connectivity index (χ3v) is 4.98. The predicted octanol–water partition coefficient (Wildman–Crippen LogP) is 6.37. The largest absolute Gasteiger partial charge is 0.469 e. The molecular formula is C20H43O5P. The van der Waals surface area contributed by atoms with E-state index in [4.69, 9.17) is 9.79 Å². The standard InChI is InChI=1S/C18H39O4P.C2H4O/c1-2-3-4-5-6-7-8-9-10-11-12-13-14-15-16-17-18-22-23(19,20)21;1-2-3-1/h2-18H2,1H3,(H2,19,20,21);1-2H2. The van der Waals surface area contributed by atoms with E-state index in [-0.39, 0.29) is 6.61 Å². The first-order valence-electron chi connectivity index (χ1n) is 10.8. The van der Waals surface area contributed by atoms with Crippen LogP contribution in [0.1, 0.15) is 110 Å². The number of phosphoric ester groups is 1. The van der Waals surface area contributed by atoms with Gasteiger partial charge in [0.2, 0.25) is 0 Å². The van der Waals surface area contributed by atoms with Crippen molar-refractivity contribution in [1.29, 1.82) is 0 Å². The molecule has 158 valence electrons. The van der Waals surface area contributed by atoms with E-state index >= 15 is 0 Å². The molecule has 0 spiro atoms. The summed E-state index contributed by atoms with van der Waals surface area (Å²) in [6.45, 7) is 4.43. The normalized spacial score (nSPS) is 13.3. The van der Waals surface area contributed by atoms with Crippen molar-refractivity contribution in [3.63, 3.8) is 0 Å². The molecule has 1 aliphatic rings. The number of ether oxygens (including phenoxy) is 1. The van der Waals surface area contributed by atoms with Gasteiger partial charge in [-0.3, -0.25) is 4.52 Å². The zero-order valence-corrected chi connectivity index (χ0v) is 17.9. The number of hydrogen-bond acceptors (Lipinski definition) is 3. The zero-order valence-electron chi connectivity index (χ0n) is 17.0. The maximum atomic E-state index is 10.5. The Labute approximate surface area is 161 Å². The minimum Gasteiger partial charge on any atom is -0.377 e. The molecule has 0 aromatic rings. The molecule has 0 amide bonds. The van der Waals surface area contributed by atoms with E-state index in [9.17, 15) is 4.57 Å². The Bertz CT molecular complexity index is 315. The van der Waals surface area contributed by atoms with Crippen LogP contribution >= 0.6 is 7.82 Å². The molecule has 1 heterocycles. The predicted molar refractivity (Wildman–Crippen MR) is 108 cm³/mol. The summed E-state index contributed by atoms with van der Waals surface area (Å²) < 4.78 is 19.4. The molecule has 1 fully saturated rings. The Morgan fingerprint density at radius 1 is 0.692 bits per heavy atom. The summed E-state index contributed by atoms with van der Waals surface area (Å²) in [4.78, 5) is 17.1. The third kappa shape index (κ3) is 28.9. The monoisotopic (exact) mass is 394 g/mol. The lowest BCUT2D eigenvalue weighted by molar-refractivity contribution is 0.193. The van der Waals surface area contributed by atoms with E-state index < -0.39 is 7.82 Å². The van der Waals surface area contributed by atoms with Crippen LogP contribution in [0.4, 0.5) is 0 Å². The second kappa shape index (κ2) is 19.8. The fourth-order valence-electron chi connectivity index (χ4n) is 2.83. The Kier molecular flexibility index (Phi) is 19.9. The molecule has 0 bridgehead atoms. The van der Waals surface area contributed by atoms with Gasteiger partial charge in [0.1, 0.15) is 0 Å². The topological polar surface area (TPSA) is 79.3 Å². The molecule has 6 heteroatoms. The first kappa shape index (κ1) is 26.1. The van der Waals surface area contributed by atoms with Crippen molar-refractivity contribution in [1.82, 2.24) is 0 Å². The molecule has 1 aliphatic heterocycles. The summed E-state index contributed by atoms with van der Waals surface area (Å²) in [5.41, 5.74) is 0. The van der Waals surface area contributed by atoms with Gasteiger partial charge in [0.05, 0.1) is 19.8 Å². The molecule has 1 saturated heterocycles. The Hall–Kier alpha value is 0.0700. The van der Waals surface area contributed by atoms with Crippen LogP contribution in [0.25, 0.3) is 0 Å². The molecule has 1 rings (SSSR count). The van der Waals surface area contributed by atoms with Crippen molar-refractivity contribution < 1.29 is 23.6 Å². The zero-order chi connectivity index (χ0) is 19.3. The minimum absolute atomic E-state index is 0.169. The van der Waals surface area contributed by atoms with Crippen LogP contribution in [0.5, 0.6) is 0 Å². The molecule has 5 nitrogen and oxygen atoms in total. The van der Waals surface area contributed by atoms with Crippen molar-refractivity contribution >= 4 is 7.82 Å². The van der Waals surface area contributed by atoms with Crippen LogP contribution in [-0.2, 0) is 13.8 Å². The van der Waals surface area contributed by atoms with Gasteiger partial charge >= 0.3 is 7.82 Å². The molecule has 26 heavy (non-hydrogen) atoms. The van der Waals surface area contributed by atoms with Gasteiger partial charge in [-0.1, -0.05) is 103 Å². The highest BCUT2D eigenvalue weighted by molar-refractivity contribution is 7.46. The smallest absolute Gasteiger partial charge is 0.377 e. The van der Waals surface area contributed by atoms with E-state index in [1.54, 1.807) is 0 Å². The Balaban J connectivity index is 0.00000187. The van der Waals surface area contributed by atoms with E-state index in [2.05, 4.69) is 16.2 Å². The van der Waals surface area contributed by atoms with E-state index in [1.165, 1.54) is 83.5 Å². The van der Waals surface area contributed by atoms with E-state index in [0.717, 1.165) is 32.5 Å². The van der Waals surface area contributed by atoms with Gasteiger partial charge < -0.3 is 14.5 Å². The highest BCUT2D eigenvalue weighted by Gasteiger charge is 2.12. The summed E-state index contributed by atoms with van der Waals surface area (Å²) in [6.07, 6.45) is 20.7. The lowest BCUT2D eigenvalue weighted by atomic mass is 10.0. The average molecular weight is 395 g/mol. The van der Waals surface area contributed by atoms with Gasteiger partial charge in [0.25, 0.3) is 0 Å². The van der Waals surface area contributed by atoms with Crippen molar-refractivity contribution in [2.24, 2.45) is 0 Å². The Morgan fingerprint density at radius 2 is 1.00 bits per heavy atom. The van der Waals surface area contributed by atoms with Crippen LogP contribution in [0.15, 0.2) is 0 Å². The van der Waals surface area contributed by atoms with E-state index in [1.807, 2.05) is 0 Å². The van der Waals surface area contributed by atoms with Crippen molar-refractivity contribution in [3.8, 4) is 0 Å². The molecule has 0 aromatic heterocycles. The molecule has 0 aliphatic carbocycles. The van der Waals surface area contributed by atoms with Crippen LogP contribution in [-0.4, -0.2) is 29.6 Å². The number of phosphoric acid groups is 1.